The number of nitro benzene ring substituents is 1. The largest absolute Gasteiger partial charge is 0.387 e. The van der Waals surface area contributed by atoms with Gasteiger partial charge < -0.3 is 10.0 Å². The molecule has 0 saturated heterocycles. The van der Waals surface area contributed by atoms with Gasteiger partial charge in [-0.05, 0) is 24.6 Å². The van der Waals surface area contributed by atoms with Crippen molar-refractivity contribution in [2.45, 2.75) is 12.5 Å². The summed E-state index contributed by atoms with van der Waals surface area (Å²) in [7, 11) is 1.93. The van der Waals surface area contributed by atoms with Crippen LogP contribution in [0.4, 0.5) is 5.69 Å². The van der Waals surface area contributed by atoms with E-state index in [4.69, 9.17) is 0 Å². The number of aliphatic hydroxyl groups excluding tert-OH is 1. The smallest absolute Gasteiger partial charge is 0.269 e. The topological polar surface area (TPSA) is 66.6 Å². The van der Waals surface area contributed by atoms with Gasteiger partial charge in [0.1, 0.15) is 0 Å². The average molecular weight is 300 g/mol. The van der Waals surface area contributed by atoms with Gasteiger partial charge in [-0.2, -0.15) is 0 Å². The Morgan fingerprint density at radius 1 is 1.18 bits per heavy atom. The third-order valence-corrected chi connectivity index (χ3v) is 3.58. The minimum absolute atomic E-state index is 0.00323. The first kappa shape index (κ1) is 16.1. The lowest BCUT2D eigenvalue weighted by Gasteiger charge is -2.20. The van der Waals surface area contributed by atoms with E-state index in [1.165, 1.54) is 17.7 Å². The zero-order chi connectivity index (χ0) is 15.9. The van der Waals surface area contributed by atoms with E-state index in [-0.39, 0.29) is 5.69 Å². The second-order valence-corrected chi connectivity index (χ2v) is 5.37. The quantitative estimate of drug-likeness (QED) is 0.630. The van der Waals surface area contributed by atoms with Crippen molar-refractivity contribution in [1.82, 2.24) is 4.90 Å². The number of likely N-dealkylation sites (N-methyl/N-ethyl adjacent to an activating group) is 1. The Bertz CT molecular complexity index is 616. The fraction of sp³-hybridized carbons (Fsp3) is 0.294. The van der Waals surface area contributed by atoms with Gasteiger partial charge in [0.05, 0.1) is 11.0 Å². The lowest BCUT2D eigenvalue weighted by atomic mass is 10.1. The van der Waals surface area contributed by atoms with Gasteiger partial charge in [-0.25, -0.2) is 0 Å². The summed E-state index contributed by atoms with van der Waals surface area (Å²) >= 11 is 0. The van der Waals surface area contributed by atoms with Gasteiger partial charge in [0, 0.05) is 25.2 Å². The zero-order valence-electron chi connectivity index (χ0n) is 12.6. The van der Waals surface area contributed by atoms with Gasteiger partial charge in [-0.15, -0.1) is 0 Å². The highest BCUT2D eigenvalue weighted by molar-refractivity contribution is 5.35. The van der Waals surface area contributed by atoms with E-state index >= 15 is 0 Å². The van der Waals surface area contributed by atoms with Crippen LogP contribution in [0.25, 0.3) is 0 Å². The number of nitrogens with zero attached hydrogens (tertiary/aromatic N) is 2. The normalized spacial score (nSPS) is 12.3. The summed E-state index contributed by atoms with van der Waals surface area (Å²) in [6.07, 6.45) is 0.166. The number of aliphatic hydroxyl groups is 1. The number of nitro groups is 1. The van der Waals surface area contributed by atoms with Crippen LogP contribution in [0.15, 0.2) is 54.6 Å². The highest BCUT2D eigenvalue weighted by Crippen LogP contribution is 2.19. The van der Waals surface area contributed by atoms with Gasteiger partial charge in [0.15, 0.2) is 0 Å². The van der Waals surface area contributed by atoms with Crippen molar-refractivity contribution in [2.24, 2.45) is 0 Å². The summed E-state index contributed by atoms with van der Waals surface area (Å²) in [6, 6.07) is 16.3. The van der Waals surface area contributed by atoms with Gasteiger partial charge in [-0.1, -0.05) is 42.5 Å². The summed E-state index contributed by atoms with van der Waals surface area (Å²) in [4.78, 5) is 12.3. The molecule has 5 heteroatoms. The summed E-state index contributed by atoms with van der Waals surface area (Å²) in [5, 5.41) is 21.0. The molecule has 0 amide bonds. The van der Waals surface area contributed by atoms with E-state index in [2.05, 4.69) is 12.1 Å². The highest BCUT2D eigenvalue weighted by Gasteiger charge is 2.14. The molecule has 0 aliphatic heterocycles. The Morgan fingerprint density at radius 3 is 2.59 bits per heavy atom. The third-order valence-electron chi connectivity index (χ3n) is 3.58. The molecule has 2 aromatic carbocycles. The lowest BCUT2D eigenvalue weighted by Crippen LogP contribution is -2.26. The van der Waals surface area contributed by atoms with Crippen LogP contribution in [-0.4, -0.2) is 35.1 Å². The minimum Gasteiger partial charge on any atom is -0.387 e. The Kier molecular flexibility index (Phi) is 5.63. The number of hydrogen-bond donors (Lipinski definition) is 1. The summed E-state index contributed by atoms with van der Waals surface area (Å²) in [5.74, 6) is 0. The maximum absolute atomic E-state index is 10.8. The molecular formula is C17H20N2O3. The van der Waals surface area contributed by atoms with Gasteiger partial charge in [0.25, 0.3) is 5.69 Å². The van der Waals surface area contributed by atoms with E-state index in [0.717, 1.165) is 13.0 Å². The maximum Gasteiger partial charge on any atom is 0.269 e. The van der Waals surface area contributed by atoms with Crippen LogP contribution in [0, 0.1) is 10.1 Å². The predicted molar refractivity (Wildman–Crippen MR) is 85.7 cm³/mol. The predicted octanol–water partition coefficient (Wildman–Crippen LogP) is 2.80. The molecule has 0 fully saturated rings. The molecule has 116 valence electrons. The monoisotopic (exact) mass is 300 g/mol. The SMILES string of the molecule is CN(CCc1ccccc1)C[C@@H](O)c1cccc([N+](=O)[O-])c1. The first-order valence-electron chi connectivity index (χ1n) is 7.21. The molecule has 0 aromatic heterocycles. The second-order valence-electron chi connectivity index (χ2n) is 5.37. The lowest BCUT2D eigenvalue weighted by molar-refractivity contribution is -0.385. The number of rotatable bonds is 7. The van der Waals surface area contributed by atoms with Gasteiger partial charge in [-0.3, -0.25) is 10.1 Å². The van der Waals surface area contributed by atoms with Crippen LogP contribution in [0.3, 0.4) is 0 Å². The standard InChI is InChI=1S/C17H20N2O3/c1-18(11-10-14-6-3-2-4-7-14)13-17(20)15-8-5-9-16(12-15)19(21)22/h2-9,12,17,20H,10-11,13H2,1H3/t17-/m1/s1. The first-order chi connectivity index (χ1) is 10.6. The molecule has 0 radical (unpaired) electrons. The molecular weight excluding hydrogens is 280 g/mol. The first-order valence-corrected chi connectivity index (χ1v) is 7.21. The average Bonchev–Trinajstić information content (AvgIpc) is 2.54. The Balaban J connectivity index is 1.89. The van der Waals surface area contributed by atoms with Gasteiger partial charge >= 0.3 is 0 Å². The Hall–Kier alpha value is -2.24. The molecule has 0 aliphatic carbocycles. The molecule has 0 saturated carbocycles. The molecule has 5 nitrogen and oxygen atoms in total. The fourth-order valence-electron chi connectivity index (χ4n) is 2.30. The van der Waals surface area contributed by atoms with Crippen LogP contribution < -0.4 is 0 Å². The summed E-state index contributed by atoms with van der Waals surface area (Å²) in [5.41, 5.74) is 1.82. The van der Waals surface area contributed by atoms with Crippen LogP contribution in [0.5, 0.6) is 0 Å². The molecule has 0 bridgehead atoms. The summed E-state index contributed by atoms with van der Waals surface area (Å²) < 4.78 is 0. The molecule has 0 aliphatic rings. The molecule has 1 atom stereocenters. The molecule has 22 heavy (non-hydrogen) atoms. The minimum atomic E-state index is -0.735. The number of benzene rings is 2. The summed E-state index contributed by atoms with van der Waals surface area (Å²) in [6.45, 7) is 1.25. The molecule has 0 spiro atoms. The third kappa shape index (κ3) is 4.65. The molecule has 0 heterocycles. The van der Waals surface area contributed by atoms with Crippen LogP contribution >= 0.6 is 0 Å². The molecule has 2 rings (SSSR count). The van der Waals surface area contributed by atoms with Crippen LogP contribution in [0.2, 0.25) is 0 Å². The van der Waals surface area contributed by atoms with E-state index in [9.17, 15) is 15.2 Å². The van der Waals surface area contributed by atoms with Gasteiger partial charge in [0.2, 0.25) is 0 Å². The number of hydrogen-bond acceptors (Lipinski definition) is 4. The van der Waals surface area contributed by atoms with Crippen molar-refractivity contribution in [3.8, 4) is 0 Å². The van der Waals surface area contributed by atoms with Crippen molar-refractivity contribution in [3.63, 3.8) is 0 Å². The molecule has 1 N–H and O–H groups in total. The van der Waals surface area contributed by atoms with Crippen molar-refractivity contribution < 1.29 is 10.0 Å². The van der Waals surface area contributed by atoms with Crippen molar-refractivity contribution >= 4 is 5.69 Å². The molecule has 0 unspecified atom stereocenters. The Morgan fingerprint density at radius 2 is 1.91 bits per heavy atom. The van der Waals surface area contributed by atoms with Crippen molar-refractivity contribution in [1.29, 1.82) is 0 Å². The zero-order valence-corrected chi connectivity index (χ0v) is 12.6. The van der Waals surface area contributed by atoms with Crippen molar-refractivity contribution in [3.05, 3.63) is 75.8 Å². The molecule has 2 aromatic rings. The van der Waals surface area contributed by atoms with E-state index in [1.807, 2.05) is 30.1 Å². The maximum atomic E-state index is 10.8. The van der Waals surface area contributed by atoms with E-state index in [0.29, 0.717) is 12.1 Å². The van der Waals surface area contributed by atoms with E-state index < -0.39 is 11.0 Å². The second kappa shape index (κ2) is 7.68. The van der Waals surface area contributed by atoms with E-state index in [1.54, 1.807) is 12.1 Å². The Labute approximate surface area is 130 Å². The van der Waals surface area contributed by atoms with Crippen LogP contribution in [-0.2, 0) is 6.42 Å². The van der Waals surface area contributed by atoms with Crippen LogP contribution in [0.1, 0.15) is 17.2 Å². The number of non-ortho nitro benzene ring substituents is 1. The fourth-order valence-corrected chi connectivity index (χ4v) is 2.30. The highest BCUT2D eigenvalue weighted by atomic mass is 16.6. The van der Waals surface area contributed by atoms with Crippen molar-refractivity contribution in [2.75, 3.05) is 20.1 Å².